The molecule has 3 aromatic rings. The molecule has 0 bridgehead atoms. The van der Waals surface area contributed by atoms with Crippen molar-refractivity contribution in [2.24, 2.45) is 0 Å². The SMILES string of the molecule is COc1cccc(CNCC(O)c2ccccc2)c1OCc1cccc(C)c1. The zero-order valence-electron chi connectivity index (χ0n) is 16.4. The summed E-state index contributed by atoms with van der Waals surface area (Å²) in [5.41, 5.74) is 4.21. The van der Waals surface area contributed by atoms with Gasteiger partial charge < -0.3 is 19.9 Å². The van der Waals surface area contributed by atoms with E-state index in [4.69, 9.17) is 9.47 Å². The van der Waals surface area contributed by atoms with E-state index >= 15 is 0 Å². The van der Waals surface area contributed by atoms with E-state index in [-0.39, 0.29) is 0 Å². The van der Waals surface area contributed by atoms with Gasteiger partial charge in [0.15, 0.2) is 11.5 Å². The maximum Gasteiger partial charge on any atom is 0.166 e. The predicted molar refractivity (Wildman–Crippen MR) is 112 cm³/mol. The largest absolute Gasteiger partial charge is 0.493 e. The van der Waals surface area contributed by atoms with E-state index in [1.807, 2.05) is 54.6 Å². The Morgan fingerprint density at radius 2 is 1.75 bits per heavy atom. The fraction of sp³-hybridized carbons (Fsp3) is 0.250. The maximum atomic E-state index is 10.3. The third-order valence-corrected chi connectivity index (χ3v) is 4.58. The molecule has 28 heavy (non-hydrogen) atoms. The van der Waals surface area contributed by atoms with Gasteiger partial charge in [-0.3, -0.25) is 0 Å². The zero-order valence-corrected chi connectivity index (χ0v) is 16.4. The molecule has 0 saturated carbocycles. The zero-order chi connectivity index (χ0) is 19.8. The van der Waals surface area contributed by atoms with Crippen LogP contribution in [0.4, 0.5) is 0 Å². The monoisotopic (exact) mass is 377 g/mol. The topological polar surface area (TPSA) is 50.7 Å². The average molecular weight is 377 g/mol. The molecule has 0 aliphatic rings. The minimum Gasteiger partial charge on any atom is -0.493 e. The van der Waals surface area contributed by atoms with Crippen LogP contribution >= 0.6 is 0 Å². The molecule has 2 N–H and O–H groups in total. The number of aryl methyl sites for hydroxylation is 1. The van der Waals surface area contributed by atoms with Crippen LogP contribution in [-0.4, -0.2) is 18.8 Å². The van der Waals surface area contributed by atoms with E-state index in [0.29, 0.717) is 25.4 Å². The lowest BCUT2D eigenvalue weighted by Crippen LogP contribution is -2.21. The third-order valence-electron chi connectivity index (χ3n) is 4.58. The molecule has 0 aliphatic heterocycles. The van der Waals surface area contributed by atoms with Crippen LogP contribution in [0.25, 0.3) is 0 Å². The Balaban J connectivity index is 1.65. The molecule has 0 amide bonds. The number of nitrogens with one attached hydrogen (secondary N) is 1. The van der Waals surface area contributed by atoms with Crippen LogP contribution in [0.2, 0.25) is 0 Å². The highest BCUT2D eigenvalue weighted by Gasteiger charge is 2.12. The Hall–Kier alpha value is -2.82. The molecule has 146 valence electrons. The van der Waals surface area contributed by atoms with Crippen molar-refractivity contribution in [1.82, 2.24) is 5.32 Å². The summed E-state index contributed by atoms with van der Waals surface area (Å²) in [6.45, 7) is 3.57. The van der Waals surface area contributed by atoms with Crippen molar-refractivity contribution >= 4 is 0 Å². The van der Waals surface area contributed by atoms with Crippen LogP contribution in [0.15, 0.2) is 72.8 Å². The number of aliphatic hydroxyl groups is 1. The van der Waals surface area contributed by atoms with Gasteiger partial charge in [-0.05, 0) is 24.1 Å². The van der Waals surface area contributed by atoms with Crippen LogP contribution in [0, 0.1) is 6.92 Å². The van der Waals surface area contributed by atoms with Gasteiger partial charge in [-0.25, -0.2) is 0 Å². The summed E-state index contributed by atoms with van der Waals surface area (Å²) in [6.07, 6.45) is -0.552. The van der Waals surface area contributed by atoms with Gasteiger partial charge in [0.1, 0.15) is 6.61 Å². The first-order valence-electron chi connectivity index (χ1n) is 9.45. The molecule has 0 heterocycles. The van der Waals surface area contributed by atoms with E-state index in [0.717, 1.165) is 22.4 Å². The minimum atomic E-state index is -0.552. The van der Waals surface area contributed by atoms with Crippen molar-refractivity contribution in [1.29, 1.82) is 0 Å². The second-order valence-corrected chi connectivity index (χ2v) is 6.78. The van der Waals surface area contributed by atoms with Crippen LogP contribution in [-0.2, 0) is 13.2 Å². The van der Waals surface area contributed by atoms with Gasteiger partial charge in [-0.15, -0.1) is 0 Å². The number of hydrogen-bond donors (Lipinski definition) is 2. The van der Waals surface area contributed by atoms with Crippen LogP contribution in [0.3, 0.4) is 0 Å². The molecule has 0 radical (unpaired) electrons. The molecule has 0 fully saturated rings. The summed E-state index contributed by atoms with van der Waals surface area (Å²) in [5.74, 6) is 1.43. The predicted octanol–water partition coefficient (Wildman–Crippen LogP) is 4.41. The molecule has 0 saturated heterocycles. The Kier molecular flexibility index (Phi) is 7.06. The van der Waals surface area contributed by atoms with Gasteiger partial charge in [-0.2, -0.15) is 0 Å². The van der Waals surface area contributed by atoms with Gasteiger partial charge in [0.05, 0.1) is 13.2 Å². The highest BCUT2D eigenvalue weighted by atomic mass is 16.5. The van der Waals surface area contributed by atoms with Crippen molar-refractivity contribution < 1.29 is 14.6 Å². The van der Waals surface area contributed by atoms with E-state index in [9.17, 15) is 5.11 Å². The maximum absolute atomic E-state index is 10.3. The second kappa shape index (κ2) is 9.93. The summed E-state index contributed by atoms with van der Waals surface area (Å²) in [4.78, 5) is 0. The second-order valence-electron chi connectivity index (χ2n) is 6.78. The molecular weight excluding hydrogens is 350 g/mol. The van der Waals surface area contributed by atoms with Crippen molar-refractivity contribution in [3.05, 3.63) is 95.1 Å². The number of aliphatic hydroxyl groups excluding tert-OH is 1. The molecule has 3 rings (SSSR count). The Morgan fingerprint density at radius 3 is 2.50 bits per heavy atom. The van der Waals surface area contributed by atoms with Crippen molar-refractivity contribution in [2.45, 2.75) is 26.2 Å². The summed E-state index contributed by atoms with van der Waals surface area (Å²) in [6, 6.07) is 23.8. The van der Waals surface area contributed by atoms with Crippen LogP contribution in [0.1, 0.15) is 28.4 Å². The number of methoxy groups -OCH3 is 1. The molecule has 0 aliphatic carbocycles. The first kappa shape index (κ1) is 19.9. The van der Waals surface area contributed by atoms with Crippen molar-refractivity contribution in [3.8, 4) is 11.5 Å². The highest BCUT2D eigenvalue weighted by molar-refractivity contribution is 5.46. The van der Waals surface area contributed by atoms with Gasteiger partial charge >= 0.3 is 0 Å². The fourth-order valence-electron chi connectivity index (χ4n) is 3.12. The number of benzene rings is 3. The van der Waals surface area contributed by atoms with Gasteiger partial charge in [0, 0.05) is 18.7 Å². The van der Waals surface area contributed by atoms with E-state index < -0.39 is 6.10 Å². The number of para-hydroxylation sites is 1. The average Bonchev–Trinajstić information content (AvgIpc) is 2.73. The lowest BCUT2D eigenvalue weighted by Gasteiger charge is -2.17. The first-order valence-corrected chi connectivity index (χ1v) is 9.45. The van der Waals surface area contributed by atoms with Gasteiger partial charge in [0.2, 0.25) is 0 Å². The molecule has 0 aromatic heterocycles. The lowest BCUT2D eigenvalue weighted by atomic mass is 10.1. The molecular formula is C24H27NO3. The molecule has 1 unspecified atom stereocenters. The molecule has 4 nitrogen and oxygen atoms in total. The van der Waals surface area contributed by atoms with Crippen molar-refractivity contribution in [2.75, 3.05) is 13.7 Å². The van der Waals surface area contributed by atoms with Gasteiger partial charge in [-0.1, -0.05) is 72.3 Å². The lowest BCUT2D eigenvalue weighted by molar-refractivity contribution is 0.174. The third kappa shape index (κ3) is 5.35. The molecule has 3 aromatic carbocycles. The van der Waals surface area contributed by atoms with E-state index in [1.165, 1.54) is 5.56 Å². The summed E-state index contributed by atoms with van der Waals surface area (Å²) < 4.78 is 11.6. The number of rotatable bonds is 9. The van der Waals surface area contributed by atoms with E-state index in [1.54, 1.807) is 7.11 Å². The Morgan fingerprint density at radius 1 is 0.964 bits per heavy atom. The van der Waals surface area contributed by atoms with Gasteiger partial charge in [0.25, 0.3) is 0 Å². The fourth-order valence-corrected chi connectivity index (χ4v) is 3.12. The summed E-state index contributed by atoms with van der Waals surface area (Å²) >= 11 is 0. The van der Waals surface area contributed by atoms with Crippen LogP contribution < -0.4 is 14.8 Å². The van der Waals surface area contributed by atoms with Crippen molar-refractivity contribution in [3.63, 3.8) is 0 Å². The van der Waals surface area contributed by atoms with Crippen LogP contribution in [0.5, 0.6) is 11.5 Å². The number of ether oxygens (including phenoxy) is 2. The Bertz CT molecular complexity index is 880. The first-order chi connectivity index (χ1) is 13.7. The molecule has 0 spiro atoms. The minimum absolute atomic E-state index is 0.457. The smallest absolute Gasteiger partial charge is 0.166 e. The number of hydrogen-bond acceptors (Lipinski definition) is 4. The Labute approximate surface area is 166 Å². The molecule has 4 heteroatoms. The van der Waals surface area contributed by atoms with E-state index in [2.05, 4.69) is 30.4 Å². The molecule has 1 atom stereocenters. The standard InChI is InChI=1S/C24H27NO3/c1-18-8-6-9-19(14-18)17-28-24-21(12-7-13-23(24)27-2)15-25-16-22(26)20-10-4-3-5-11-20/h3-14,22,25-26H,15-17H2,1-2H3. The quantitative estimate of drug-likeness (QED) is 0.580. The summed E-state index contributed by atoms with van der Waals surface area (Å²) in [5, 5.41) is 13.6. The summed E-state index contributed by atoms with van der Waals surface area (Å²) in [7, 11) is 1.64. The highest BCUT2D eigenvalue weighted by Crippen LogP contribution is 2.32. The normalized spacial score (nSPS) is 11.8.